The molecule has 1 fully saturated rings. The van der Waals surface area contributed by atoms with Crippen molar-refractivity contribution in [2.75, 3.05) is 46.3 Å². The third-order valence-electron chi connectivity index (χ3n) is 3.72. The zero-order valence-corrected chi connectivity index (χ0v) is 13.0. The summed E-state index contributed by atoms with van der Waals surface area (Å²) in [6, 6.07) is 7.13. The van der Waals surface area contributed by atoms with E-state index in [0.29, 0.717) is 11.4 Å². The average Bonchev–Trinajstić information content (AvgIpc) is 2.46. The summed E-state index contributed by atoms with van der Waals surface area (Å²) in [4.78, 5) is 2.70. The van der Waals surface area contributed by atoms with E-state index in [2.05, 4.69) is 10.2 Å². The molecule has 0 aromatic heterocycles. The SMILES string of the molecule is Cc1ccccc1S(=O)(=O)N(C)CCN1CCNCC1. The van der Waals surface area contributed by atoms with Gasteiger partial charge in [-0.1, -0.05) is 18.2 Å². The van der Waals surface area contributed by atoms with Gasteiger partial charge in [0.05, 0.1) is 4.90 Å². The molecule has 0 atom stereocenters. The minimum Gasteiger partial charge on any atom is -0.314 e. The zero-order valence-electron chi connectivity index (χ0n) is 12.2. The van der Waals surface area contributed by atoms with Crippen LogP contribution in [0.2, 0.25) is 0 Å². The van der Waals surface area contributed by atoms with Gasteiger partial charge >= 0.3 is 0 Å². The van der Waals surface area contributed by atoms with E-state index in [1.807, 2.05) is 19.1 Å². The van der Waals surface area contributed by atoms with Crippen LogP contribution in [0.1, 0.15) is 5.56 Å². The lowest BCUT2D eigenvalue weighted by atomic mass is 10.2. The van der Waals surface area contributed by atoms with Gasteiger partial charge in [-0.05, 0) is 18.6 Å². The van der Waals surface area contributed by atoms with Gasteiger partial charge in [-0.2, -0.15) is 4.31 Å². The Morgan fingerprint density at radius 2 is 1.90 bits per heavy atom. The molecule has 0 amide bonds. The summed E-state index contributed by atoms with van der Waals surface area (Å²) in [6.07, 6.45) is 0. The number of nitrogens with zero attached hydrogens (tertiary/aromatic N) is 2. The van der Waals surface area contributed by atoms with Crippen molar-refractivity contribution in [3.63, 3.8) is 0 Å². The lowest BCUT2D eigenvalue weighted by Gasteiger charge is -2.29. The predicted molar refractivity (Wildman–Crippen MR) is 80.3 cm³/mol. The Morgan fingerprint density at radius 1 is 1.25 bits per heavy atom. The van der Waals surface area contributed by atoms with Gasteiger partial charge in [-0.25, -0.2) is 8.42 Å². The van der Waals surface area contributed by atoms with E-state index in [1.54, 1.807) is 19.2 Å². The van der Waals surface area contributed by atoms with Gasteiger partial charge in [0.1, 0.15) is 0 Å². The normalized spacial score (nSPS) is 17.6. The number of benzene rings is 1. The summed E-state index contributed by atoms with van der Waals surface area (Å²) >= 11 is 0. The number of rotatable bonds is 5. The van der Waals surface area contributed by atoms with Crippen LogP contribution in [-0.4, -0.2) is 63.9 Å². The van der Waals surface area contributed by atoms with Crippen LogP contribution < -0.4 is 5.32 Å². The maximum Gasteiger partial charge on any atom is 0.243 e. The average molecular weight is 297 g/mol. The Hall–Kier alpha value is -0.950. The third kappa shape index (κ3) is 3.58. The van der Waals surface area contributed by atoms with Crippen molar-refractivity contribution in [1.82, 2.24) is 14.5 Å². The highest BCUT2D eigenvalue weighted by atomic mass is 32.2. The second-order valence-corrected chi connectivity index (χ2v) is 7.20. The fraction of sp³-hybridized carbons (Fsp3) is 0.571. The monoisotopic (exact) mass is 297 g/mol. The van der Waals surface area contributed by atoms with Crippen LogP contribution in [-0.2, 0) is 10.0 Å². The van der Waals surface area contributed by atoms with E-state index >= 15 is 0 Å². The van der Waals surface area contributed by atoms with Crippen molar-refractivity contribution in [3.8, 4) is 0 Å². The molecular formula is C14H23N3O2S. The molecule has 20 heavy (non-hydrogen) atoms. The molecular weight excluding hydrogens is 274 g/mol. The number of aryl methyl sites for hydroxylation is 1. The number of nitrogens with one attached hydrogen (secondary N) is 1. The molecule has 6 heteroatoms. The number of piperazine rings is 1. The fourth-order valence-electron chi connectivity index (χ4n) is 2.35. The van der Waals surface area contributed by atoms with Crippen LogP contribution in [0.4, 0.5) is 0 Å². The van der Waals surface area contributed by atoms with Gasteiger partial charge in [0.25, 0.3) is 0 Å². The Balaban J connectivity index is 2.00. The summed E-state index contributed by atoms with van der Waals surface area (Å²) in [5.41, 5.74) is 0.793. The Bertz CT molecular complexity index is 539. The molecule has 2 rings (SSSR count). The molecule has 1 N–H and O–H groups in total. The van der Waals surface area contributed by atoms with Crippen LogP contribution in [0.15, 0.2) is 29.2 Å². The van der Waals surface area contributed by atoms with E-state index < -0.39 is 10.0 Å². The van der Waals surface area contributed by atoms with Crippen LogP contribution in [0, 0.1) is 6.92 Å². The lowest BCUT2D eigenvalue weighted by Crippen LogP contribution is -2.46. The Labute approximate surface area is 121 Å². The maximum absolute atomic E-state index is 12.5. The van der Waals surface area contributed by atoms with Gasteiger partial charge in [0, 0.05) is 46.3 Å². The van der Waals surface area contributed by atoms with Crippen molar-refractivity contribution in [2.45, 2.75) is 11.8 Å². The smallest absolute Gasteiger partial charge is 0.243 e. The van der Waals surface area contributed by atoms with Crippen LogP contribution in [0.3, 0.4) is 0 Å². The molecule has 1 heterocycles. The highest BCUT2D eigenvalue weighted by Crippen LogP contribution is 2.18. The topological polar surface area (TPSA) is 52.7 Å². The standard InChI is InChI=1S/C14H23N3O2S/c1-13-5-3-4-6-14(13)20(18,19)16(2)11-12-17-9-7-15-8-10-17/h3-6,15H,7-12H2,1-2H3. The first-order valence-corrected chi connectivity index (χ1v) is 8.41. The molecule has 5 nitrogen and oxygen atoms in total. The van der Waals surface area contributed by atoms with E-state index in [9.17, 15) is 8.42 Å². The van der Waals surface area contributed by atoms with Crippen LogP contribution in [0.5, 0.6) is 0 Å². The van der Waals surface area contributed by atoms with E-state index in [-0.39, 0.29) is 0 Å². The Morgan fingerprint density at radius 3 is 2.55 bits per heavy atom. The quantitative estimate of drug-likeness (QED) is 0.861. The van der Waals surface area contributed by atoms with Gasteiger partial charge in [0.15, 0.2) is 0 Å². The zero-order chi connectivity index (χ0) is 14.6. The van der Waals surface area contributed by atoms with Gasteiger partial charge in [-0.15, -0.1) is 0 Å². The van der Waals surface area contributed by atoms with Gasteiger partial charge in [0.2, 0.25) is 10.0 Å². The molecule has 1 saturated heterocycles. The third-order valence-corrected chi connectivity index (χ3v) is 5.74. The number of sulfonamides is 1. The summed E-state index contributed by atoms with van der Waals surface area (Å²) in [5.74, 6) is 0. The molecule has 0 saturated carbocycles. The number of hydrogen-bond donors (Lipinski definition) is 1. The minimum atomic E-state index is -3.38. The summed E-state index contributed by atoms with van der Waals surface area (Å²) < 4.78 is 26.5. The maximum atomic E-state index is 12.5. The molecule has 1 aliphatic rings. The summed E-state index contributed by atoms with van der Waals surface area (Å²) in [5, 5.41) is 3.29. The first-order valence-electron chi connectivity index (χ1n) is 6.97. The molecule has 1 aromatic rings. The van der Waals surface area contributed by atoms with Crippen molar-refractivity contribution in [3.05, 3.63) is 29.8 Å². The highest BCUT2D eigenvalue weighted by molar-refractivity contribution is 7.89. The molecule has 1 aromatic carbocycles. The van der Waals surface area contributed by atoms with Crippen LogP contribution >= 0.6 is 0 Å². The molecule has 112 valence electrons. The number of hydrogen-bond acceptors (Lipinski definition) is 4. The predicted octanol–water partition coefficient (Wildman–Crippen LogP) is 0.521. The molecule has 1 aliphatic heterocycles. The van der Waals surface area contributed by atoms with E-state index in [0.717, 1.165) is 38.3 Å². The second-order valence-electron chi connectivity index (χ2n) is 5.18. The minimum absolute atomic E-state index is 0.405. The van der Waals surface area contributed by atoms with Crippen molar-refractivity contribution >= 4 is 10.0 Å². The fourth-order valence-corrected chi connectivity index (χ4v) is 3.73. The molecule has 0 aliphatic carbocycles. The molecule has 0 spiro atoms. The number of likely N-dealkylation sites (N-methyl/N-ethyl adjacent to an activating group) is 1. The van der Waals surface area contributed by atoms with Gasteiger partial charge in [-0.3, -0.25) is 4.90 Å². The largest absolute Gasteiger partial charge is 0.314 e. The lowest BCUT2D eigenvalue weighted by molar-refractivity contribution is 0.229. The molecule has 0 unspecified atom stereocenters. The van der Waals surface area contributed by atoms with Crippen LogP contribution in [0.25, 0.3) is 0 Å². The first-order chi connectivity index (χ1) is 9.51. The molecule has 0 radical (unpaired) electrons. The van der Waals surface area contributed by atoms with E-state index in [1.165, 1.54) is 4.31 Å². The van der Waals surface area contributed by atoms with Crippen molar-refractivity contribution < 1.29 is 8.42 Å². The Kier molecular flexibility index (Phi) is 5.15. The summed E-state index contributed by atoms with van der Waals surface area (Å²) in [6.45, 7) is 7.07. The van der Waals surface area contributed by atoms with E-state index in [4.69, 9.17) is 0 Å². The highest BCUT2D eigenvalue weighted by Gasteiger charge is 2.22. The second kappa shape index (κ2) is 6.67. The molecule has 0 bridgehead atoms. The van der Waals surface area contributed by atoms with Gasteiger partial charge < -0.3 is 5.32 Å². The van der Waals surface area contributed by atoms with Crippen molar-refractivity contribution in [1.29, 1.82) is 0 Å². The first kappa shape index (κ1) is 15.4. The van der Waals surface area contributed by atoms with Crippen molar-refractivity contribution in [2.24, 2.45) is 0 Å². The summed E-state index contributed by atoms with van der Waals surface area (Å²) in [7, 11) is -1.72.